The lowest BCUT2D eigenvalue weighted by atomic mass is 9.94. The Morgan fingerprint density at radius 3 is 2.81 bits per heavy atom. The van der Waals surface area contributed by atoms with Gasteiger partial charge in [-0.15, -0.1) is 0 Å². The van der Waals surface area contributed by atoms with Crippen molar-refractivity contribution in [1.29, 1.82) is 0 Å². The van der Waals surface area contributed by atoms with Crippen molar-refractivity contribution < 1.29 is 9.90 Å². The second-order valence-electron chi connectivity index (χ2n) is 6.59. The molecule has 1 aliphatic rings. The summed E-state index contributed by atoms with van der Waals surface area (Å²) in [7, 11) is 2.88. The Labute approximate surface area is 150 Å². The number of aliphatic hydroxyl groups excluding tert-OH is 1. The number of carbonyl (C=O) groups is 1. The first-order valence-electron chi connectivity index (χ1n) is 8.63. The van der Waals surface area contributed by atoms with Gasteiger partial charge in [-0.2, -0.15) is 5.10 Å². The molecular weight excluding hydrogens is 338 g/mol. The molecule has 0 aromatic carbocycles. The largest absolute Gasteiger partial charge is 0.394 e. The van der Waals surface area contributed by atoms with E-state index in [0.29, 0.717) is 19.6 Å². The van der Waals surface area contributed by atoms with Crippen molar-refractivity contribution in [2.45, 2.75) is 25.3 Å². The second-order valence-corrected chi connectivity index (χ2v) is 6.59. The molecule has 3 rings (SSSR count). The summed E-state index contributed by atoms with van der Waals surface area (Å²) in [5, 5.41) is 13.5. The van der Waals surface area contributed by atoms with E-state index >= 15 is 0 Å². The van der Waals surface area contributed by atoms with Crippen LogP contribution in [-0.2, 0) is 20.6 Å². The van der Waals surface area contributed by atoms with Crippen LogP contribution in [0, 0.1) is 0 Å². The van der Waals surface area contributed by atoms with E-state index in [-0.39, 0.29) is 24.1 Å². The summed E-state index contributed by atoms with van der Waals surface area (Å²) in [6.07, 6.45) is 3.55. The van der Waals surface area contributed by atoms with Gasteiger partial charge in [-0.05, 0) is 18.9 Å². The first-order chi connectivity index (χ1) is 12.4. The van der Waals surface area contributed by atoms with Gasteiger partial charge in [-0.1, -0.05) is 0 Å². The van der Waals surface area contributed by atoms with Gasteiger partial charge in [-0.3, -0.25) is 23.4 Å². The first kappa shape index (κ1) is 18.1. The van der Waals surface area contributed by atoms with Gasteiger partial charge in [0.15, 0.2) is 0 Å². The highest BCUT2D eigenvalue weighted by atomic mass is 16.3. The lowest BCUT2D eigenvalue weighted by molar-refractivity contribution is 0.0693. The van der Waals surface area contributed by atoms with Crippen molar-refractivity contribution in [3.05, 3.63) is 50.6 Å². The number of aromatic nitrogens is 4. The molecule has 2 aromatic heterocycles. The van der Waals surface area contributed by atoms with Gasteiger partial charge in [0, 0.05) is 45.4 Å². The van der Waals surface area contributed by atoms with E-state index in [1.54, 1.807) is 9.58 Å². The maximum Gasteiger partial charge on any atom is 0.331 e. The Morgan fingerprint density at radius 2 is 2.08 bits per heavy atom. The number of nitrogens with zero attached hydrogens (tertiary/aromatic N) is 5. The SMILES string of the molecule is Cn1c(C(=O)N2CCC[C@H](c3ccn(CCO)n3)C2)cc(=O)n(C)c1=O. The third kappa shape index (κ3) is 3.34. The summed E-state index contributed by atoms with van der Waals surface area (Å²) >= 11 is 0. The monoisotopic (exact) mass is 361 g/mol. The van der Waals surface area contributed by atoms with Gasteiger partial charge in [0.1, 0.15) is 5.69 Å². The lowest BCUT2D eigenvalue weighted by Gasteiger charge is -2.32. The van der Waals surface area contributed by atoms with E-state index < -0.39 is 11.2 Å². The molecule has 9 nitrogen and oxygen atoms in total. The molecule has 140 valence electrons. The van der Waals surface area contributed by atoms with Crippen molar-refractivity contribution in [2.75, 3.05) is 19.7 Å². The van der Waals surface area contributed by atoms with Crippen LogP contribution in [-0.4, -0.2) is 54.5 Å². The molecule has 2 aromatic rings. The van der Waals surface area contributed by atoms with E-state index in [0.717, 1.165) is 23.1 Å². The van der Waals surface area contributed by atoms with E-state index in [2.05, 4.69) is 5.10 Å². The molecule has 3 heterocycles. The molecule has 26 heavy (non-hydrogen) atoms. The molecule has 1 saturated heterocycles. The second kappa shape index (κ2) is 7.28. The van der Waals surface area contributed by atoms with Crippen LogP contribution in [0.4, 0.5) is 0 Å². The third-order valence-electron chi connectivity index (χ3n) is 4.86. The Hall–Kier alpha value is -2.68. The number of hydrogen-bond acceptors (Lipinski definition) is 5. The molecule has 1 amide bonds. The maximum absolute atomic E-state index is 12.9. The zero-order valence-corrected chi connectivity index (χ0v) is 15.0. The first-order valence-corrected chi connectivity index (χ1v) is 8.63. The summed E-state index contributed by atoms with van der Waals surface area (Å²) in [5.41, 5.74) is -0.0247. The third-order valence-corrected chi connectivity index (χ3v) is 4.86. The summed E-state index contributed by atoms with van der Waals surface area (Å²) in [6.45, 7) is 1.52. The highest BCUT2D eigenvalue weighted by Crippen LogP contribution is 2.26. The van der Waals surface area contributed by atoms with Crippen LogP contribution in [0.1, 0.15) is 34.9 Å². The minimum absolute atomic E-state index is 0.0212. The van der Waals surface area contributed by atoms with Gasteiger partial charge < -0.3 is 10.0 Å². The molecule has 0 radical (unpaired) electrons. The fourth-order valence-electron chi connectivity index (χ4n) is 3.33. The van der Waals surface area contributed by atoms with E-state index in [1.165, 1.54) is 24.7 Å². The fourth-order valence-corrected chi connectivity index (χ4v) is 3.33. The molecule has 1 N–H and O–H groups in total. The molecule has 1 atom stereocenters. The number of aliphatic hydroxyl groups is 1. The molecule has 1 fully saturated rings. The molecule has 0 saturated carbocycles. The van der Waals surface area contributed by atoms with Crippen LogP contribution >= 0.6 is 0 Å². The average Bonchev–Trinajstić information content (AvgIpc) is 3.11. The Morgan fingerprint density at radius 1 is 1.31 bits per heavy atom. The molecule has 1 aliphatic heterocycles. The molecule has 0 unspecified atom stereocenters. The highest BCUT2D eigenvalue weighted by Gasteiger charge is 2.28. The summed E-state index contributed by atoms with van der Waals surface area (Å²) < 4.78 is 3.87. The van der Waals surface area contributed by atoms with Crippen LogP contribution < -0.4 is 11.2 Å². The summed E-state index contributed by atoms with van der Waals surface area (Å²) in [5.74, 6) is -0.224. The fraction of sp³-hybridized carbons (Fsp3) is 0.529. The smallest absolute Gasteiger partial charge is 0.331 e. The standard InChI is InChI=1S/C17H23N5O4/c1-19-14(10-15(24)20(2)17(19)26)16(25)21-6-3-4-12(11-21)13-5-7-22(18-13)8-9-23/h5,7,10,12,23H,3-4,6,8-9,11H2,1-2H3/t12-/m0/s1. The number of amides is 1. The van der Waals surface area contributed by atoms with Crippen LogP contribution in [0.3, 0.4) is 0 Å². The lowest BCUT2D eigenvalue weighted by Crippen LogP contribution is -2.44. The quantitative estimate of drug-likeness (QED) is 0.775. The van der Waals surface area contributed by atoms with E-state index in [9.17, 15) is 14.4 Å². The van der Waals surface area contributed by atoms with Gasteiger partial charge in [0.25, 0.3) is 11.5 Å². The normalized spacial score (nSPS) is 17.5. The minimum atomic E-state index is -0.517. The average molecular weight is 361 g/mol. The number of rotatable bonds is 4. The topological polar surface area (TPSA) is 102 Å². The van der Waals surface area contributed by atoms with Crippen molar-refractivity contribution in [2.24, 2.45) is 14.1 Å². The van der Waals surface area contributed by atoms with Crippen molar-refractivity contribution in [1.82, 2.24) is 23.8 Å². The molecule has 0 bridgehead atoms. The van der Waals surface area contributed by atoms with Gasteiger partial charge >= 0.3 is 5.69 Å². The Bertz CT molecular complexity index is 926. The van der Waals surface area contributed by atoms with Crippen LogP contribution in [0.15, 0.2) is 27.9 Å². The van der Waals surface area contributed by atoms with Gasteiger partial charge in [0.05, 0.1) is 18.8 Å². The highest BCUT2D eigenvalue weighted by molar-refractivity contribution is 5.92. The Kier molecular flexibility index (Phi) is 5.08. The zero-order chi connectivity index (χ0) is 18.8. The van der Waals surface area contributed by atoms with E-state index in [1.807, 2.05) is 12.3 Å². The van der Waals surface area contributed by atoms with Crippen LogP contribution in [0.2, 0.25) is 0 Å². The maximum atomic E-state index is 12.9. The van der Waals surface area contributed by atoms with Crippen molar-refractivity contribution in [3.63, 3.8) is 0 Å². The number of likely N-dealkylation sites (tertiary alicyclic amines) is 1. The predicted octanol–water partition coefficient (Wildman–Crippen LogP) is -0.707. The Balaban J connectivity index is 1.82. The molecule has 9 heteroatoms. The van der Waals surface area contributed by atoms with Gasteiger partial charge in [0.2, 0.25) is 0 Å². The number of hydrogen-bond donors (Lipinski definition) is 1. The molecule has 0 aliphatic carbocycles. The van der Waals surface area contributed by atoms with Gasteiger partial charge in [-0.25, -0.2) is 4.79 Å². The van der Waals surface area contributed by atoms with Crippen molar-refractivity contribution >= 4 is 5.91 Å². The molecular formula is C17H23N5O4. The van der Waals surface area contributed by atoms with Crippen molar-refractivity contribution in [3.8, 4) is 0 Å². The minimum Gasteiger partial charge on any atom is -0.394 e. The summed E-state index contributed by atoms with van der Waals surface area (Å²) in [4.78, 5) is 38.5. The summed E-state index contributed by atoms with van der Waals surface area (Å²) in [6, 6.07) is 3.12. The number of carbonyl (C=O) groups excluding carboxylic acids is 1. The molecule has 0 spiro atoms. The number of piperidine rings is 1. The zero-order valence-electron chi connectivity index (χ0n) is 15.0. The predicted molar refractivity (Wildman–Crippen MR) is 94.1 cm³/mol. The van der Waals surface area contributed by atoms with Crippen LogP contribution in [0.5, 0.6) is 0 Å². The van der Waals surface area contributed by atoms with E-state index in [4.69, 9.17) is 5.11 Å². The van der Waals surface area contributed by atoms with Crippen LogP contribution in [0.25, 0.3) is 0 Å².